The van der Waals surface area contributed by atoms with E-state index in [2.05, 4.69) is 0 Å². The van der Waals surface area contributed by atoms with E-state index in [9.17, 15) is 8.42 Å². The van der Waals surface area contributed by atoms with Crippen molar-refractivity contribution in [2.24, 2.45) is 0 Å². The Bertz CT molecular complexity index is 579. The minimum absolute atomic E-state index is 0.157. The Morgan fingerprint density at radius 2 is 1.95 bits per heavy atom. The fourth-order valence-electron chi connectivity index (χ4n) is 2.35. The predicted octanol–water partition coefficient (Wildman–Crippen LogP) is 3.22. The molecule has 0 spiro atoms. The summed E-state index contributed by atoms with van der Waals surface area (Å²) in [6.45, 7) is 3.78. The predicted molar refractivity (Wildman–Crippen MR) is 78.1 cm³/mol. The number of alkyl halides is 1. The van der Waals surface area contributed by atoms with Gasteiger partial charge in [-0.3, -0.25) is 0 Å². The summed E-state index contributed by atoms with van der Waals surface area (Å²) < 4.78 is 26.9. The van der Waals surface area contributed by atoms with Gasteiger partial charge in [-0.05, 0) is 49.4 Å². The highest BCUT2D eigenvalue weighted by Gasteiger charge is 2.32. The number of nitrogens with zero attached hydrogens (tertiary/aromatic N) is 1. The lowest BCUT2D eigenvalue weighted by molar-refractivity contribution is 0.249. The summed E-state index contributed by atoms with van der Waals surface area (Å²) in [6.07, 6.45) is 3.04. The maximum atomic E-state index is 12.7. The third kappa shape index (κ3) is 2.67. The van der Waals surface area contributed by atoms with Gasteiger partial charge in [-0.1, -0.05) is 12.5 Å². The van der Waals surface area contributed by atoms with Crippen LogP contribution in [0.15, 0.2) is 17.0 Å². The molecule has 1 aliphatic rings. The van der Waals surface area contributed by atoms with Crippen LogP contribution >= 0.6 is 11.6 Å². The first kappa shape index (κ1) is 14.8. The molecule has 5 heteroatoms. The highest BCUT2D eigenvalue weighted by Crippen LogP contribution is 2.31. The zero-order valence-corrected chi connectivity index (χ0v) is 13.2. The van der Waals surface area contributed by atoms with Crippen LogP contribution < -0.4 is 0 Å². The molecular formula is C14H20ClNO2S. The van der Waals surface area contributed by atoms with Crippen molar-refractivity contribution in [3.8, 4) is 0 Å². The van der Waals surface area contributed by atoms with E-state index in [-0.39, 0.29) is 6.04 Å². The van der Waals surface area contributed by atoms with Crippen LogP contribution in [0.5, 0.6) is 0 Å². The lowest BCUT2D eigenvalue weighted by atomic mass is 9.94. The molecule has 0 radical (unpaired) electrons. The molecule has 1 aliphatic carbocycles. The van der Waals surface area contributed by atoms with E-state index in [1.54, 1.807) is 13.1 Å². The van der Waals surface area contributed by atoms with Crippen LogP contribution in [0.1, 0.15) is 36.0 Å². The standard InChI is InChI=1S/C14H20ClNO2S/c1-10-7-12(9-15)8-14(11(10)2)19(17,18)16(3)13-5-4-6-13/h7-8,13H,4-6,9H2,1-3H3. The molecule has 3 nitrogen and oxygen atoms in total. The van der Waals surface area contributed by atoms with E-state index < -0.39 is 10.0 Å². The molecule has 1 aromatic rings. The monoisotopic (exact) mass is 301 g/mol. The van der Waals surface area contributed by atoms with Gasteiger partial charge in [0.1, 0.15) is 0 Å². The van der Waals surface area contributed by atoms with Crippen LogP contribution in [0.2, 0.25) is 0 Å². The molecule has 1 fully saturated rings. The van der Waals surface area contributed by atoms with Crippen LogP contribution in [0, 0.1) is 13.8 Å². The highest BCUT2D eigenvalue weighted by molar-refractivity contribution is 7.89. The fourth-order valence-corrected chi connectivity index (χ4v) is 4.26. The first-order chi connectivity index (χ1) is 8.87. The van der Waals surface area contributed by atoms with Gasteiger partial charge in [0, 0.05) is 19.0 Å². The number of hydrogen-bond acceptors (Lipinski definition) is 2. The minimum Gasteiger partial charge on any atom is -0.207 e. The Kier molecular flexibility index (Phi) is 4.23. The van der Waals surface area contributed by atoms with Gasteiger partial charge in [-0.25, -0.2) is 8.42 Å². The van der Waals surface area contributed by atoms with Crippen molar-refractivity contribution in [3.05, 3.63) is 28.8 Å². The van der Waals surface area contributed by atoms with E-state index in [1.807, 2.05) is 19.9 Å². The van der Waals surface area contributed by atoms with Crippen molar-refractivity contribution in [1.29, 1.82) is 0 Å². The topological polar surface area (TPSA) is 37.4 Å². The summed E-state index contributed by atoms with van der Waals surface area (Å²) in [6, 6.07) is 3.81. The number of benzene rings is 1. The SMILES string of the molecule is Cc1cc(CCl)cc(S(=O)(=O)N(C)C2CCC2)c1C. The summed E-state index contributed by atoms with van der Waals surface area (Å²) in [7, 11) is -1.73. The maximum absolute atomic E-state index is 12.7. The van der Waals surface area contributed by atoms with Crippen LogP contribution in [-0.2, 0) is 15.9 Å². The molecule has 19 heavy (non-hydrogen) atoms. The number of sulfonamides is 1. The molecular weight excluding hydrogens is 282 g/mol. The average Bonchev–Trinajstić information content (AvgIpc) is 2.29. The normalized spacial score (nSPS) is 16.7. The summed E-state index contributed by atoms with van der Waals surface area (Å²) in [4.78, 5) is 0.401. The Labute approximate surface area is 120 Å². The van der Waals surface area contributed by atoms with E-state index in [0.29, 0.717) is 10.8 Å². The van der Waals surface area contributed by atoms with Crippen LogP contribution in [-0.4, -0.2) is 25.8 Å². The molecule has 2 rings (SSSR count). The van der Waals surface area contributed by atoms with Crippen molar-refractivity contribution in [2.75, 3.05) is 7.05 Å². The number of halogens is 1. The van der Waals surface area contributed by atoms with Gasteiger partial charge in [0.05, 0.1) is 4.90 Å². The molecule has 0 aromatic heterocycles. The first-order valence-corrected chi connectivity index (χ1v) is 8.49. The maximum Gasteiger partial charge on any atom is 0.243 e. The van der Waals surface area contributed by atoms with Gasteiger partial charge in [-0.15, -0.1) is 11.6 Å². The van der Waals surface area contributed by atoms with Gasteiger partial charge in [0.25, 0.3) is 0 Å². The van der Waals surface area contributed by atoms with Crippen molar-refractivity contribution >= 4 is 21.6 Å². The Hall–Kier alpha value is -0.580. The second-order valence-corrected chi connectivity index (χ2v) is 7.51. The van der Waals surface area contributed by atoms with Crippen LogP contribution in [0.25, 0.3) is 0 Å². The van der Waals surface area contributed by atoms with Crippen molar-refractivity contribution in [2.45, 2.75) is 49.9 Å². The number of rotatable bonds is 4. The molecule has 0 bridgehead atoms. The first-order valence-electron chi connectivity index (χ1n) is 6.52. The summed E-state index contributed by atoms with van der Waals surface area (Å²) in [5.74, 6) is 0.330. The summed E-state index contributed by atoms with van der Waals surface area (Å²) in [5, 5.41) is 0. The molecule has 106 valence electrons. The number of aryl methyl sites for hydroxylation is 1. The van der Waals surface area contributed by atoms with Gasteiger partial charge >= 0.3 is 0 Å². The molecule has 0 heterocycles. The van der Waals surface area contributed by atoms with Gasteiger partial charge in [0.2, 0.25) is 10.0 Å². The summed E-state index contributed by atoms with van der Waals surface area (Å²) in [5.41, 5.74) is 2.64. The zero-order valence-electron chi connectivity index (χ0n) is 11.6. The summed E-state index contributed by atoms with van der Waals surface area (Å²) >= 11 is 5.85. The third-order valence-electron chi connectivity index (χ3n) is 4.08. The molecule has 1 aromatic carbocycles. The van der Waals surface area contributed by atoms with Crippen molar-refractivity contribution < 1.29 is 8.42 Å². The van der Waals surface area contributed by atoms with Gasteiger partial charge in [0.15, 0.2) is 0 Å². The fraction of sp³-hybridized carbons (Fsp3) is 0.571. The second kappa shape index (κ2) is 5.43. The third-order valence-corrected chi connectivity index (χ3v) is 6.42. The molecule has 0 atom stereocenters. The van der Waals surface area contributed by atoms with E-state index in [1.165, 1.54) is 4.31 Å². The van der Waals surface area contributed by atoms with Crippen LogP contribution in [0.4, 0.5) is 0 Å². The molecule has 1 saturated carbocycles. The van der Waals surface area contributed by atoms with Gasteiger partial charge in [-0.2, -0.15) is 4.31 Å². The Morgan fingerprint density at radius 1 is 1.32 bits per heavy atom. The quantitative estimate of drug-likeness (QED) is 0.801. The average molecular weight is 302 g/mol. The molecule has 0 aliphatic heterocycles. The molecule has 0 amide bonds. The van der Waals surface area contributed by atoms with E-state index >= 15 is 0 Å². The smallest absolute Gasteiger partial charge is 0.207 e. The van der Waals surface area contributed by atoms with E-state index in [0.717, 1.165) is 36.0 Å². The second-order valence-electron chi connectivity index (χ2n) is 5.28. The van der Waals surface area contributed by atoms with Gasteiger partial charge < -0.3 is 0 Å². The minimum atomic E-state index is -3.41. The number of hydrogen-bond donors (Lipinski definition) is 0. The molecule has 0 unspecified atom stereocenters. The lowest BCUT2D eigenvalue weighted by Gasteiger charge is -2.34. The Morgan fingerprint density at radius 3 is 2.42 bits per heavy atom. The molecule has 0 saturated heterocycles. The van der Waals surface area contributed by atoms with Crippen molar-refractivity contribution in [1.82, 2.24) is 4.31 Å². The zero-order chi connectivity index (χ0) is 14.2. The Balaban J connectivity index is 2.47. The largest absolute Gasteiger partial charge is 0.243 e. The van der Waals surface area contributed by atoms with E-state index in [4.69, 9.17) is 11.6 Å². The van der Waals surface area contributed by atoms with Crippen LogP contribution in [0.3, 0.4) is 0 Å². The van der Waals surface area contributed by atoms with Crippen molar-refractivity contribution in [3.63, 3.8) is 0 Å². The molecule has 0 N–H and O–H groups in total. The lowest BCUT2D eigenvalue weighted by Crippen LogP contribution is -2.41. The highest BCUT2D eigenvalue weighted by atomic mass is 35.5.